The lowest BCUT2D eigenvalue weighted by molar-refractivity contribution is -0.131. The Balaban J connectivity index is 0.00000113. The maximum Gasteiger partial charge on any atom is 0.223 e. The van der Waals surface area contributed by atoms with E-state index in [0.717, 1.165) is 62.0 Å². The molecule has 0 radical (unpaired) electrons. The molecule has 1 amide bonds. The van der Waals surface area contributed by atoms with Crippen molar-refractivity contribution in [2.45, 2.75) is 25.7 Å². The van der Waals surface area contributed by atoms with Crippen LogP contribution in [-0.2, 0) is 11.2 Å². The van der Waals surface area contributed by atoms with Gasteiger partial charge in [0.2, 0.25) is 5.91 Å². The lowest BCUT2D eigenvalue weighted by Crippen LogP contribution is -2.32. The molecule has 2 atom stereocenters. The summed E-state index contributed by atoms with van der Waals surface area (Å²) in [4.78, 5) is 19.0. The SMILES string of the molecule is Cl.Cl.O=C(CCc1nc2ccccc2o1)N1CC[C@@H]2CNC[C@@H]2CC1. The number of hydrogen-bond acceptors (Lipinski definition) is 4. The molecule has 0 spiro atoms. The highest BCUT2D eigenvalue weighted by Gasteiger charge is 2.31. The van der Waals surface area contributed by atoms with Crippen LogP contribution in [0.25, 0.3) is 11.1 Å². The lowest BCUT2D eigenvalue weighted by Gasteiger charge is -2.20. The van der Waals surface area contributed by atoms with E-state index in [9.17, 15) is 4.79 Å². The first-order chi connectivity index (χ1) is 11.3. The Morgan fingerprint density at radius 1 is 1.16 bits per heavy atom. The smallest absolute Gasteiger partial charge is 0.223 e. The molecule has 0 saturated carbocycles. The van der Waals surface area contributed by atoms with Gasteiger partial charge in [0.25, 0.3) is 0 Å². The number of fused-ring (bicyclic) bond motifs is 2. The Labute approximate surface area is 160 Å². The molecule has 25 heavy (non-hydrogen) atoms. The van der Waals surface area contributed by atoms with E-state index >= 15 is 0 Å². The van der Waals surface area contributed by atoms with Gasteiger partial charge >= 0.3 is 0 Å². The second-order valence-corrected chi connectivity index (χ2v) is 6.71. The molecule has 2 aliphatic heterocycles. The highest BCUT2D eigenvalue weighted by Crippen LogP contribution is 2.27. The summed E-state index contributed by atoms with van der Waals surface area (Å²) in [7, 11) is 0. The van der Waals surface area contributed by atoms with E-state index in [-0.39, 0.29) is 30.7 Å². The van der Waals surface area contributed by atoms with Crippen molar-refractivity contribution in [1.29, 1.82) is 0 Å². The molecule has 1 aromatic carbocycles. The summed E-state index contributed by atoms with van der Waals surface area (Å²) in [5, 5.41) is 3.47. The normalized spacial score (nSPS) is 22.6. The second-order valence-electron chi connectivity index (χ2n) is 6.71. The van der Waals surface area contributed by atoms with Gasteiger partial charge in [-0.2, -0.15) is 0 Å². The molecule has 2 fully saturated rings. The average Bonchev–Trinajstić information content (AvgIpc) is 3.14. The number of oxazole rings is 1. The zero-order valence-corrected chi connectivity index (χ0v) is 15.8. The molecule has 138 valence electrons. The number of hydrogen-bond donors (Lipinski definition) is 1. The molecule has 1 N–H and O–H groups in total. The van der Waals surface area contributed by atoms with E-state index in [4.69, 9.17) is 4.42 Å². The number of rotatable bonds is 3. The molecule has 2 aliphatic rings. The van der Waals surface area contributed by atoms with Gasteiger partial charge in [0.1, 0.15) is 5.52 Å². The van der Waals surface area contributed by atoms with Crippen LogP contribution in [0.4, 0.5) is 0 Å². The minimum Gasteiger partial charge on any atom is -0.441 e. The molecule has 5 nitrogen and oxygen atoms in total. The lowest BCUT2D eigenvalue weighted by atomic mass is 9.92. The number of amides is 1. The van der Waals surface area contributed by atoms with E-state index in [0.29, 0.717) is 18.7 Å². The van der Waals surface area contributed by atoms with Crippen molar-refractivity contribution in [3.8, 4) is 0 Å². The van der Waals surface area contributed by atoms with Gasteiger partial charge in [-0.1, -0.05) is 12.1 Å². The van der Waals surface area contributed by atoms with Gasteiger partial charge in [-0.15, -0.1) is 24.8 Å². The second kappa shape index (κ2) is 8.88. The molecule has 0 aliphatic carbocycles. The molecule has 2 aromatic rings. The van der Waals surface area contributed by atoms with Gasteiger partial charge in [-0.3, -0.25) is 4.79 Å². The van der Waals surface area contributed by atoms with Gasteiger partial charge in [0, 0.05) is 25.9 Å². The molecule has 0 bridgehead atoms. The highest BCUT2D eigenvalue weighted by molar-refractivity contribution is 5.85. The van der Waals surface area contributed by atoms with Gasteiger partial charge < -0.3 is 14.6 Å². The van der Waals surface area contributed by atoms with Crippen molar-refractivity contribution in [2.24, 2.45) is 11.8 Å². The predicted molar refractivity (Wildman–Crippen MR) is 102 cm³/mol. The Morgan fingerprint density at radius 2 is 1.84 bits per heavy atom. The number of carbonyl (C=O) groups is 1. The fourth-order valence-electron chi connectivity index (χ4n) is 3.87. The first-order valence-corrected chi connectivity index (χ1v) is 8.62. The summed E-state index contributed by atoms with van der Waals surface area (Å²) in [5.74, 6) is 2.41. The summed E-state index contributed by atoms with van der Waals surface area (Å²) < 4.78 is 5.70. The molecule has 0 unspecified atom stereocenters. The number of carbonyl (C=O) groups excluding carboxylic acids is 1. The third-order valence-electron chi connectivity index (χ3n) is 5.26. The molecule has 2 saturated heterocycles. The fraction of sp³-hybridized carbons (Fsp3) is 0.556. The van der Waals surface area contributed by atoms with Crippen LogP contribution in [0.1, 0.15) is 25.2 Å². The predicted octanol–water partition coefficient (Wildman–Crippen LogP) is 3.06. The number of likely N-dealkylation sites (tertiary alicyclic amines) is 1. The number of aryl methyl sites for hydroxylation is 1. The van der Waals surface area contributed by atoms with Crippen LogP contribution in [0.5, 0.6) is 0 Å². The van der Waals surface area contributed by atoms with E-state index < -0.39 is 0 Å². The minimum atomic E-state index is 0. The largest absolute Gasteiger partial charge is 0.441 e. The number of halogens is 2. The summed E-state index contributed by atoms with van der Waals surface area (Å²) in [6, 6.07) is 7.73. The van der Waals surface area contributed by atoms with E-state index in [2.05, 4.69) is 10.3 Å². The molecular formula is C18H25Cl2N3O2. The number of aromatic nitrogens is 1. The van der Waals surface area contributed by atoms with Crippen LogP contribution in [0.15, 0.2) is 28.7 Å². The molecule has 1 aromatic heterocycles. The van der Waals surface area contributed by atoms with Crippen molar-refractivity contribution in [2.75, 3.05) is 26.2 Å². The molecular weight excluding hydrogens is 361 g/mol. The zero-order valence-electron chi connectivity index (χ0n) is 14.1. The highest BCUT2D eigenvalue weighted by atomic mass is 35.5. The number of nitrogens with one attached hydrogen (secondary N) is 1. The summed E-state index contributed by atoms with van der Waals surface area (Å²) >= 11 is 0. The van der Waals surface area contributed by atoms with E-state index in [1.54, 1.807) is 0 Å². The van der Waals surface area contributed by atoms with Crippen molar-refractivity contribution in [3.63, 3.8) is 0 Å². The van der Waals surface area contributed by atoms with E-state index in [1.165, 1.54) is 0 Å². The molecule has 3 heterocycles. The minimum absolute atomic E-state index is 0. The van der Waals surface area contributed by atoms with Gasteiger partial charge in [0.05, 0.1) is 0 Å². The third-order valence-corrected chi connectivity index (χ3v) is 5.26. The van der Waals surface area contributed by atoms with Crippen LogP contribution >= 0.6 is 24.8 Å². The van der Waals surface area contributed by atoms with Gasteiger partial charge in [0.15, 0.2) is 11.5 Å². The quantitative estimate of drug-likeness (QED) is 0.881. The van der Waals surface area contributed by atoms with Crippen molar-refractivity contribution < 1.29 is 9.21 Å². The summed E-state index contributed by atoms with van der Waals surface area (Å²) in [6.45, 7) is 4.04. The fourth-order valence-corrected chi connectivity index (χ4v) is 3.87. The maximum absolute atomic E-state index is 12.5. The van der Waals surface area contributed by atoms with Crippen molar-refractivity contribution in [1.82, 2.24) is 15.2 Å². The third kappa shape index (κ3) is 4.46. The Kier molecular flexibility index (Phi) is 7.11. The average molecular weight is 386 g/mol. The standard InChI is InChI=1S/C18H23N3O2.2ClH/c22-18(21-9-7-13-11-19-12-14(13)8-10-21)6-5-17-20-15-3-1-2-4-16(15)23-17;;/h1-4,13-14,19H,5-12H2;2*1H/t13-,14+;;. The number of nitrogens with zero attached hydrogens (tertiary/aromatic N) is 2. The van der Waals surface area contributed by atoms with Crippen LogP contribution in [0.3, 0.4) is 0 Å². The molecule has 7 heteroatoms. The first kappa shape index (κ1) is 20.0. The Morgan fingerprint density at radius 3 is 2.52 bits per heavy atom. The van der Waals surface area contributed by atoms with Crippen molar-refractivity contribution in [3.05, 3.63) is 30.2 Å². The van der Waals surface area contributed by atoms with Gasteiger partial charge in [-0.05, 0) is 49.9 Å². The zero-order chi connectivity index (χ0) is 15.6. The summed E-state index contributed by atoms with van der Waals surface area (Å²) in [5.41, 5.74) is 1.66. The number of para-hydroxylation sites is 2. The number of benzene rings is 1. The molecule has 4 rings (SSSR count). The monoisotopic (exact) mass is 385 g/mol. The van der Waals surface area contributed by atoms with Crippen LogP contribution in [0.2, 0.25) is 0 Å². The van der Waals surface area contributed by atoms with Crippen LogP contribution in [-0.4, -0.2) is 42.0 Å². The Bertz CT molecular complexity index is 659. The topological polar surface area (TPSA) is 58.4 Å². The maximum atomic E-state index is 12.5. The van der Waals surface area contributed by atoms with Crippen molar-refractivity contribution >= 4 is 41.8 Å². The van der Waals surface area contributed by atoms with Crippen LogP contribution in [0, 0.1) is 11.8 Å². The van der Waals surface area contributed by atoms with Crippen LogP contribution < -0.4 is 5.32 Å². The summed E-state index contributed by atoms with van der Waals surface area (Å²) in [6.07, 6.45) is 3.33. The van der Waals surface area contributed by atoms with E-state index in [1.807, 2.05) is 29.2 Å². The Hall–Kier alpha value is -1.30. The van der Waals surface area contributed by atoms with Gasteiger partial charge in [-0.25, -0.2) is 4.98 Å². The first-order valence-electron chi connectivity index (χ1n) is 8.62.